The van der Waals surface area contributed by atoms with Gasteiger partial charge in [0.05, 0.1) is 10.6 Å². The van der Waals surface area contributed by atoms with Gasteiger partial charge in [-0.15, -0.1) is 0 Å². The lowest BCUT2D eigenvalue weighted by molar-refractivity contribution is 0.788. The zero-order valence-corrected chi connectivity index (χ0v) is 9.07. The summed E-state index contributed by atoms with van der Waals surface area (Å²) in [5, 5.41) is 1.24. The summed E-state index contributed by atoms with van der Waals surface area (Å²) < 4.78 is 0.545. The number of aromatic nitrogens is 1. The second kappa shape index (κ2) is 3.22. The van der Waals surface area contributed by atoms with E-state index in [0.717, 1.165) is 5.69 Å². The molecular weight excluding hydrogens is 212 g/mol. The predicted octanol–water partition coefficient (Wildman–Crippen LogP) is 2.89. The molecule has 1 aliphatic heterocycles. The number of H-pyrrole nitrogens is 1. The van der Waals surface area contributed by atoms with Crippen LogP contribution in [0.3, 0.4) is 0 Å². The molecule has 3 N–H and O–H groups in total. The second-order valence-corrected chi connectivity index (χ2v) is 6.25. The molecule has 0 radical (unpaired) electrons. The van der Waals surface area contributed by atoms with E-state index in [2.05, 4.69) is 23.2 Å². The number of nitrogens with one attached hydrogen (secondary N) is 1. The normalized spacial score (nSPS) is 18.6. The lowest BCUT2D eigenvalue weighted by Gasteiger charge is -2.03. The molecule has 1 unspecified atom stereocenters. The molecule has 0 aliphatic carbocycles. The van der Waals surface area contributed by atoms with Gasteiger partial charge in [0.2, 0.25) is 0 Å². The molecule has 1 aromatic heterocycles. The van der Waals surface area contributed by atoms with E-state index in [0.29, 0.717) is 4.58 Å². The van der Waals surface area contributed by atoms with Gasteiger partial charge in [-0.05, 0) is 17.5 Å². The highest BCUT2D eigenvalue weighted by atomic mass is 33.2. The monoisotopic (exact) mass is 222 g/mol. The first-order chi connectivity index (χ1) is 6.84. The van der Waals surface area contributed by atoms with Gasteiger partial charge in [0.15, 0.2) is 0 Å². The van der Waals surface area contributed by atoms with E-state index < -0.39 is 0 Å². The fourth-order valence-electron chi connectivity index (χ4n) is 1.57. The highest BCUT2D eigenvalue weighted by Gasteiger charge is 2.33. The summed E-state index contributed by atoms with van der Waals surface area (Å²) in [6.07, 6.45) is 0. The summed E-state index contributed by atoms with van der Waals surface area (Å²) in [6.45, 7) is 0. The van der Waals surface area contributed by atoms with Crippen molar-refractivity contribution in [2.24, 2.45) is 5.73 Å². The topological polar surface area (TPSA) is 41.8 Å². The fraction of sp³-hybridized carbons (Fsp3) is 0.200. The number of benzene rings is 1. The predicted molar refractivity (Wildman–Crippen MR) is 64.2 cm³/mol. The van der Waals surface area contributed by atoms with Crippen LogP contribution in [0.1, 0.15) is 11.7 Å². The molecule has 2 nitrogen and oxygen atoms in total. The molecule has 4 heteroatoms. The molecule has 1 fully saturated rings. The Hall–Kier alpha value is -0.580. The minimum Gasteiger partial charge on any atom is -0.357 e. The van der Waals surface area contributed by atoms with Gasteiger partial charge in [-0.25, -0.2) is 0 Å². The van der Waals surface area contributed by atoms with Gasteiger partial charge in [-0.2, -0.15) is 0 Å². The van der Waals surface area contributed by atoms with Gasteiger partial charge in [0, 0.05) is 11.2 Å². The Morgan fingerprint density at radius 1 is 1.29 bits per heavy atom. The van der Waals surface area contributed by atoms with Crippen LogP contribution >= 0.6 is 21.6 Å². The molecule has 2 heterocycles. The smallest absolute Gasteiger partial charge is 0.0916 e. The number of hydrogen-bond donors (Lipinski definition) is 2. The van der Waals surface area contributed by atoms with Crippen molar-refractivity contribution in [1.29, 1.82) is 0 Å². The first kappa shape index (κ1) is 8.71. The molecule has 0 spiro atoms. The largest absolute Gasteiger partial charge is 0.357 e. The van der Waals surface area contributed by atoms with E-state index >= 15 is 0 Å². The summed E-state index contributed by atoms with van der Waals surface area (Å²) in [5.41, 5.74) is 8.41. The van der Waals surface area contributed by atoms with Gasteiger partial charge in [0.25, 0.3) is 0 Å². The third kappa shape index (κ3) is 1.43. The van der Waals surface area contributed by atoms with Crippen molar-refractivity contribution < 1.29 is 0 Å². The van der Waals surface area contributed by atoms with Crippen molar-refractivity contribution >= 4 is 32.5 Å². The number of fused-ring (bicyclic) bond motifs is 1. The van der Waals surface area contributed by atoms with E-state index in [1.165, 1.54) is 10.9 Å². The highest BCUT2D eigenvalue weighted by molar-refractivity contribution is 8.92. The van der Waals surface area contributed by atoms with Crippen LogP contribution < -0.4 is 5.73 Å². The van der Waals surface area contributed by atoms with Crippen LogP contribution in [0.2, 0.25) is 0 Å². The SMILES string of the molecule is NC(c1cc2ccccc2[nH]1)C1SS1. The van der Waals surface area contributed by atoms with Gasteiger partial charge in [-0.1, -0.05) is 39.8 Å². The number of para-hydroxylation sites is 1. The molecule has 1 atom stereocenters. The van der Waals surface area contributed by atoms with Crippen LogP contribution in [0.4, 0.5) is 0 Å². The third-order valence-corrected chi connectivity index (χ3v) is 4.66. The van der Waals surface area contributed by atoms with Crippen molar-refractivity contribution in [1.82, 2.24) is 4.98 Å². The molecule has 0 saturated carbocycles. The van der Waals surface area contributed by atoms with Gasteiger partial charge >= 0.3 is 0 Å². The molecule has 14 heavy (non-hydrogen) atoms. The summed E-state index contributed by atoms with van der Waals surface area (Å²) >= 11 is 0. The van der Waals surface area contributed by atoms with Crippen molar-refractivity contribution in [3.05, 3.63) is 36.0 Å². The summed E-state index contributed by atoms with van der Waals surface area (Å²) in [4.78, 5) is 3.36. The lowest BCUT2D eigenvalue weighted by atomic mass is 10.2. The molecule has 1 saturated heterocycles. The Morgan fingerprint density at radius 2 is 2.07 bits per heavy atom. The third-order valence-electron chi connectivity index (χ3n) is 2.41. The Balaban J connectivity index is 2.04. The highest BCUT2D eigenvalue weighted by Crippen LogP contribution is 2.58. The molecule has 0 bridgehead atoms. The molecule has 2 aromatic rings. The Labute approximate surface area is 90.0 Å². The number of hydrogen-bond acceptors (Lipinski definition) is 3. The van der Waals surface area contributed by atoms with Crippen LogP contribution in [0.15, 0.2) is 30.3 Å². The fourth-order valence-corrected chi connectivity index (χ4v) is 3.08. The minimum absolute atomic E-state index is 0.136. The first-order valence-corrected chi connectivity index (χ1v) is 6.77. The van der Waals surface area contributed by atoms with Crippen molar-refractivity contribution in [3.63, 3.8) is 0 Å². The van der Waals surface area contributed by atoms with E-state index in [4.69, 9.17) is 5.73 Å². The Kier molecular flexibility index (Phi) is 2.00. The average Bonchev–Trinajstić information content (AvgIpc) is 2.95. The molecule has 3 rings (SSSR count). The van der Waals surface area contributed by atoms with Crippen LogP contribution in [-0.4, -0.2) is 9.57 Å². The Morgan fingerprint density at radius 3 is 2.79 bits per heavy atom. The number of rotatable bonds is 2. The van der Waals surface area contributed by atoms with Crippen molar-refractivity contribution in [3.8, 4) is 0 Å². The van der Waals surface area contributed by atoms with Crippen molar-refractivity contribution in [2.75, 3.05) is 0 Å². The zero-order chi connectivity index (χ0) is 9.54. The molecular formula is C10H10N2S2. The van der Waals surface area contributed by atoms with Gasteiger partial charge in [-0.3, -0.25) is 0 Å². The van der Waals surface area contributed by atoms with E-state index in [1.54, 1.807) is 0 Å². The maximum absolute atomic E-state index is 6.09. The first-order valence-electron chi connectivity index (χ1n) is 4.50. The maximum Gasteiger partial charge on any atom is 0.0916 e. The maximum atomic E-state index is 6.09. The number of aromatic amines is 1. The van der Waals surface area contributed by atoms with E-state index in [-0.39, 0.29) is 6.04 Å². The van der Waals surface area contributed by atoms with Crippen LogP contribution in [0.5, 0.6) is 0 Å². The average molecular weight is 222 g/mol. The minimum atomic E-state index is 0.136. The quantitative estimate of drug-likeness (QED) is 0.606. The van der Waals surface area contributed by atoms with Crippen molar-refractivity contribution in [2.45, 2.75) is 10.6 Å². The molecule has 1 aliphatic rings. The second-order valence-electron chi connectivity index (χ2n) is 3.40. The van der Waals surface area contributed by atoms with E-state index in [9.17, 15) is 0 Å². The molecule has 72 valence electrons. The van der Waals surface area contributed by atoms with Crippen LogP contribution in [0.25, 0.3) is 10.9 Å². The zero-order valence-electron chi connectivity index (χ0n) is 7.44. The van der Waals surface area contributed by atoms with E-state index in [1.807, 2.05) is 33.7 Å². The van der Waals surface area contributed by atoms with Crippen LogP contribution in [-0.2, 0) is 0 Å². The summed E-state index contributed by atoms with van der Waals surface area (Å²) in [7, 11) is 3.71. The van der Waals surface area contributed by atoms with Crippen LogP contribution in [0, 0.1) is 0 Å². The Bertz CT molecular complexity index is 429. The van der Waals surface area contributed by atoms with Gasteiger partial charge < -0.3 is 10.7 Å². The molecule has 0 amide bonds. The summed E-state index contributed by atoms with van der Waals surface area (Å²) in [6, 6.07) is 10.6. The molecule has 1 aromatic carbocycles. The number of nitrogens with two attached hydrogens (primary N) is 1. The lowest BCUT2D eigenvalue weighted by Crippen LogP contribution is -2.14. The summed E-state index contributed by atoms with van der Waals surface area (Å²) in [5.74, 6) is 0. The van der Waals surface area contributed by atoms with Gasteiger partial charge in [0.1, 0.15) is 0 Å². The standard InChI is InChI=1S/C10H10N2S2/c11-9(10-13-14-10)8-5-6-3-1-2-4-7(6)12-8/h1-5,9-10,12H,11H2.